The van der Waals surface area contributed by atoms with Gasteiger partial charge in [0.2, 0.25) is 0 Å². The van der Waals surface area contributed by atoms with Crippen LogP contribution in [0.3, 0.4) is 0 Å². The van der Waals surface area contributed by atoms with Crippen LogP contribution in [0, 0.1) is 5.92 Å². The summed E-state index contributed by atoms with van der Waals surface area (Å²) in [6, 6.07) is 0. The maximum atomic E-state index is 12.1. The number of Topliss-reactive ketones (excluding diaryl/α,β-unsaturated/α-hetero) is 1. The van der Waals surface area contributed by atoms with Crippen molar-refractivity contribution in [3.8, 4) is 5.75 Å². The molecular formula is C14H13Cl5O2. The summed E-state index contributed by atoms with van der Waals surface area (Å²) in [6.45, 7) is -0.0988. The Morgan fingerprint density at radius 1 is 0.857 bits per heavy atom. The number of ketones is 1. The summed E-state index contributed by atoms with van der Waals surface area (Å²) in [7, 11) is 0. The van der Waals surface area contributed by atoms with Gasteiger partial charge < -0.3 is 4.74 Å². The Kier molecular flexibility index (Phi) is 6.34. The van der Waals surface area contributed by atoms with Crippen molar-refractivity contribution in [2.75, 3.05) is 6.61 Å². The summed E-state index contributed by atoms with van der Waals surface area (Å²) in [5.41, 5.74) is 0. The van der Waals surface area contributed by atoms with Crippen LogP contribution >= 0.6 is 58.0 Å². The van der Waals surface area contributed by atoms with Gasteiger partial charge in [-0.2, -0.15) is 0 Å². The normalized spacial score (nSPS) is 16.0. The molecule has 0 unspecified atom stereocenters. The highest BCUT2D eigenvalue weighted by atomic mass is 35.5. The number of benzene rings is 1. The molecule has 2 nitrogen and oxygen atoms in total. The number of halogens is 5. The van der Waals surface area contributed by atoms with E-state index in [1.165, 1.54) is 6.42 Å². The van der Waals surface area contributed by atoms with Crippen molar-refractivity contribution in [1.82, 2.24) is 0 Å². The van der Waals surface area contributed by atoms with Crippen molar-refractivity contribution in [3.05, 3.63) is 25.1 Å². The Balaban J connectivity index is 2.11. The lowest BCUT2D eigenvalue weighted by molar-refractivity contribution is -0.125. The van der Waals surface area contributed by atoms with E-state index in [0.29, 0.717) is 0 Å². The predicted molar refractivity (Wildman–Crippen MR) is 88.6 cm³/mol. The lowest BCUT2D eigenvalue weighted by atomic mass is 9.86. The first-order valence-electron chi connectivity index (χ1n) is 6.60. The Hall–Kier alpha value is 0.140. The van der Waals surface area contributed by atoms with E-state index in [9.17, 15) is 4.79 Å². The highest BCUT2D eigenvalue weighted by Gasteiger charge is 2.24. The largest absolute Gasteiger partial charge is 0.483 e. The van der Waals surface area contributed by atoms with Gasteiger partial charge in [-0.15, -0.1) is 0 Å². The minimum absolute atomic E-state index is 0.0454. The van der Waals surface area contributed by atoms with Gasteiger partial charge in [0.05, 0.1) is 15.1 Å². The molecule has 0 radical (unpaired) electrons. The first kappa shape index (κ1) is 17.5. The van der Waals surface area contributed by atoms with Crippen LogP contribution in [0.5, 0.6) is 5.75 Å². The summed E-state index contributed by atoms with van der Waals surface area (Å²) in [5, 5.41) is 0.319. The number of hydrogen-bond donors (Lipinski definition) is 0. The fourth-order valence-corrected chi connectivity index (χ4v) is 3.63. The molecule has 7 heteroatoms. The van der Waals surface area contributed by atoms with E-state index in [2.05, 4.69) is 0 Å². The quantitative estimate of drug-likeness (QED) is 0.434. The standard InChI is InChI=1S/C14H13Cl5O2/c15-9-10(16)12(18)14(13(19)11(9)17)21-6-8(20)7-4-2-1-3-5-7/h7H,1-6H2. The van der Waals surface area contributed by atoms with Gasteiger partial charge in [0.15, 0.2) is 11.5 Å². The lowest BCUT2D eigenvalue weighted by Crippen LogP contribution is -2.23. The number of carbonyl (C=O) groups is 1. The molecule has 1 aromatic carbocycles. The van der Waals surface area contributed by atoms with Crippen LogP contribution in [-0.2, 0) is 4.79 Å². The van der Waals surface area contributed by atoms with Gasteiger partial charge in [0.25, 0.3) is 0 Å². The zero-order chi connectivity index (χ0) is 15.6. The van der Waals surface area contributed by atoms with Crippen LogP contribution in [0.15, 0.2) is 0 Å². The molecule has 116 valence electrons. The van der Waals surface area contributed by atoms with Gasteiger partial charge >= 0.3 is 0 Å². The molecule has 0 heterocycles. The molecule has 21 heavy (non-hydrogen) atoms. The minimum atomic E-state index is -0.0988. The number of hydrogen-bond acceptors (Lipinski definition) is 2. The van der Waals surface area contributed by atoms with Gasteiger partial charge in [-0.25, -0.2) is 0 Å². The second-order valence-corrected chi connectivity index (χ2v) is 6.88. The zero-order valence-electron chi connectivity index (χ0n) is 11.0. The highest BCUT2D eigenvalue weighted by Crippen LogP contribution is 2.48. The van der Waals surface area contributed by atoms with Gasteiger partial charge in [-0.3, -0.25) is 4.79 Å². The highest BCUT2D eigenvalue weighted by molar-refractivity contribution is 6.55. The summed E-state index contributed by atoms with van der Waals surface area (Å²) >= 11 is 29.9. The molecule has 0 N–H and O–H groups in total. The van der Waals surface area contributed by atoms with Crippen molar-refractivity contribution < 1.29 is 9.53 Å². The van der Waals surface area contributed by atoms with Crippen LogP contribution < -0.4 is 4.74 Å². The van der Waals surface area contributed by atoms with Crippen molar-refractivity contribution >= 4 is 63.8 Å². The molecule has 0 aliphatic heterocycles. The molecule has 0 spiro atoms. The third kappa shape index (κ3) is 3.92. The van der Waals surface area contributed by atoms with Crippen molar-refractivity contribution in [3.63, 3.8) is 0 Å². The van der Waals surface area contributed by atoms with Gasteiger partial charge in [-0.1, -0.05) is 77.3 Å². The van der Waals surface area contributed by atoms with Crippen molar-refractivity contribution in [1.29, 1.82) is 0 Å². The van der Waals surface area contributed by atoms with Gasteiger partial charge in [0, 0.05) is 5.92 Å². The lowest BCUT2D eigenvalue weighted by Gasteiger charge is -2.21. The van der Waals surface area contributed by atoms with Crippen molar-refractivity contribution in [2.24, 2.45) is 5.92 Å². The predicted octanol–water partition coefficient (Wildman–Crippen LogP) is 6.48. The fraction of sp³-hybridized carbons (Fsp3) is 0.500. The second-order valence-electron chi connectivity index (χ2n) is 4.99. The second kappa shape index (κ2) is 7.61. The van der Waals surface area contributed by atoms with Crippen LogP contribution in [-0.4, -0.2) is 12.4 Å². The molecular weight excluding hydrogens is 377 g/mol. The van der Waals surface area contributed by atoms with E-state index in [0.717, 1.165) is 25.7 Å². The molecule has 0 atom stereocenters. The molecule has 1 aliphatic rings. The molecule has 2 rings (SSSR count). The maximum absolute atomic E-state index is 12.1. The third-order valence-corrected chi connectivity index (χ3v) is 5.83. The third-order valence-electron chi connectivity index (χ3n) is 3.59. The van der Waals surface area contributed by atoms with Crippen LogP contribution in [0.4, 0.5) is 0 Å². The molecule has 0 saturated heterocycles. The summed E-state index contributed by atoms with van der Waals surface area (Å²) in [4.78, 5) is 12.1. The Morgan fingerprint density at radius 3 is 1.86 bits per heavy atom. The molecule has 1 saturated carbocycles. The van der Waals surface area contributed by atoms with E-state index in [-0.39, 0.29) is 49.2 Å². The molecule has 0 aromatic heterocycles. The van der Waals surface area contributed by atoms with E-state index >= 15 is 0 Å². The smallest absolute Gasteiger partial charge is 0.173 e. The Morgan fingerprint density at radius 2 is 1.33 bits per heavy atom. The summed E-state index contributed by atoms with van der Waals surface area (Å²) in [5.74, 6) is 0.195. The van der Waals surface area contributed by atoms with Crippen molar-refractivity contribution in [2.45, 2.75) is 32.1 Å². The number of carbonyl (C=O) groups excluding carboxylic acids is 1. The van der Waals surface area contributed by atoms with Crippen LogP contribution in [0.2, 0.25) is 25.1 Å². The average molecular weight is 391 g/mol. The summed E-state index contributed by atoms with van der Waals surface area (Å²) in [6.07, 6.45) is 5.16. The maximum Gasteiger partial charge on any atom is 0.173 e. The van der Waals surface area contributed by atoms with E-state index in [1.54, 1.807) is 0 Å². The van der Waals surface area contributed by atoms with E-state index in [1.807, 2.05) is 0 Å². The fourth-order valence-electron chi connectivity index (χ4n) is 2.40. The van der Waals surface area contributed by atoms with E-state index < -0.39 is 0 Å². The first-order valence-corrected chi connectivity index (χ1v) is 8.49. The average Bonchev–Trinajstić information content (AvgIpc) is 2.51. The monoisotopic (exact) mass is 388 g/mol. The first-order chi connectivity index (χ1) is 9.93. The van der Waals surface area contributed by atoms with Crippen LogP contribution in [0.1, 0.15) is 32.1 Å². The van der Waals surface area contributed by atoms with Crippen LogP contribution in [0.25, 0.3) is 0 Å². The zero-order valence-corrected chi connectivity index (χ0v) is 14.8. The minimum Gasteiger partial charge on any atom is -0.483 e. The number of rotatable bonds is 4. The number of ether oxygens (including phenoxy) is 1. The summed E-state index contributed by atoms with van der Waals surface area (Å²) < 4.78 is 5.46. The molecule has 0 bridgehead atoms. The topological polar surface area (TPSA) is 26.3 Å². The Bertz CT molecular complexity index is 524. The molecule has 1 fully saturated rings. The van der Waals surface area contributed by atoms with E-state index in [4.69, 9.17) is 62.7 Å². The van der Waals surface area contributed by atoms with Gasteiger partial charge in [0.1, 0.15) is 16.7 Å². The molecule has 1 aliphatic carbocycles. The Labute approximate surface area is 148 Å². The molecule has 0 amide bonds. The van der Waals surface area contributed by atoms with Gasteiger partial charge in [-0.05, 0) is 12.8 Å². The SMILES string of the molecule is O=C(COc1c(Cl)c(Cl)c(Cl)c(Cl)c1Cl)C1CCCCC1. The molecule has 1 aromatic rings.